The van der Waals surface area contributed by atoms with Crippen LogP contribution in [0.3, 0.4) is 0 Å². The van der Waals surface area contributed by atoms with Crippen molar-refractivity contribution >= 4 is 29.5 Å². The van der Waals surface area contributed by atoms with Gasteiger partial charge in [0.05, 0.1) is 0 Å². The van der Waals surface area contributed by atoms with E-state index in [1.54, 1.807) is 4.90 Å². The molecule has 1 aromatic rings. The lowest BCUT2D eigenvalue weighted by molar-refractivity contribution is -0.138. The molecule has 1 unspecified atom stereocenters. The Bertz CT molecular complexity index is 949. The summed E-state index contributed by atoms with van der Waals surface area (Å²) in [6, 6.07) is 7.00. The molecule has 0 aliphatic carbocycles. The predicted octanol–water partition coefficient (Wildman–Crippen LogP) is 0.782. The van der Waals surface area contributed by atoms with Gasteiger partial charge >= 0.3 is 6.09 Å². The number of benzene rings is 1. The molecule has 9 heteroatoms. The molecule has 0 saturated carbocycles. The summed E-state index contributed by atoms with van der Waals surface area (Å²) in [4.78, 5) is 54.1. The third-order valence-corrected chi connectivity index (χ3v) is 7.22. The molecule has 0 bridgehead atoms. The van der Waals surface area contributed by atoms with Gasteiger partial charge in [0.2, 0.25) is 17.7 Å². The van der Waals surface area contributed by atoms with E-state index in [2.05, 4.69) is 10.2 Å². The Labute approximate surface area is 180 Å². The Morgan fingerprint density at radius 2 is 1.81 bits per heavy atom. The summed E-state index contributed by atoms with van der Waals surface area (Å²) < 4.78 is 0. The Morgan fingerprint density at radius 1 is 1.10 bits per heavy atom. The molecule has 3 fully saturated rings. The van der Waals surface area contributed by atoms with Crippen molar-refractivity contribution in [2.24, 2.45) is 5.92 Å². The maximum absolute atomic E-state index is 13.6. The molecule has 2 N–H and O–H groups in total. The van der Waals surface area contributed by atoms with Crippen LogP contribution in [0.15, 0.2) is 24.3 Å². The fourth-order valence-electron chi connectivity index (χ4n) is 5.61. The van der Waals surface area contributed by atoms with Crippen LogP contribution in [0.2, 0.25) is 0 Å². The summed E-state index contributed by atoms with van der Waals surface area (Å²) in [7, 11) is 0. The van der Waals surface area contributed by atoms with Crippen LogP contribution in [0.25, 0.3) is 0 Å². The van der Waals surface area contributed by atoms with Crippen LogP contribution in [0.5, 0.6) is 0 Å². The van der Waals surface area contributed by atoms with Crippen LogP contribution in [-0.2, 0) is 19.8 Å². The van der Waals surface area contributed by atoms with E-state index < -0.39 is 23.5 Å². The van der Waals surface area contributed by atoms with Gasteiger partial charge in [0.15, 0.2) is 0 Å². The lowest BCUT2D eigenvalue weighted by Crippen LogP contribution is -2.66. The Kier molecular flexibility index (Phi) is 4.73. The summed E-state index contributed by atoms with van der Waals surface area (Å²) >= 11 is 0. The van der Waals surface area contributed by atoms with Crippen molar-refractivity contribution in [3.63, 3.8) is 0 Å². The first kappa shape index (κ1) is 20.0. The van der Waals surface area contributed by atoms with Crippen LogP contribution < -0.4 is 10.2 Å². The molecule has 3 saturated heterocycles. The first-order valence-corrected chi connectivity index (χ1v) is 10.9. The standard InChI is InChI=1S/C22H26N4O5/c27-18-6-5-17(19(28)23-18)26-16-4-2-1-3-15(16)22(20(26)29)12-24(13-22)11-14-7-9-25(10-8-14)21(30)31/h1-4,14,17H,5-13H2,(H,30,31)(H,23,27,28). The molecule has 4 amide bonds. The maximum atomic E-state index is 13.6. The van der Waals surface area contributed by atoms with E-state index in [0.717, 1.165) is 30.6 Å². The molecular formula is C22H26N4O5. The molecule has 1 spiro atoms. The molecular weight excluding hydrogens is 400 g/mol. The number of hydrogen-bond acceptors (Lipinski definition) is 5. The highest BCUT2D eigenvalue weighted by Gasteiger charge is 2.59. The second-order valence-corrected chi connectivity index (χ2v) is 9.12. The summed E-state index contributed by atoms with van der Waals surface area (Å²) in [5.41, 5.74) is 1.10. The largest absolute Gasteiger partial charge is 0.465 e. The molecule has 4 aliphatic heterocycles. The van der Waals surface area contributed by atoms with Gasteiger partial charge < -0.3 is 14.9 Å². The number of likely N-dealkylation sites (tertiary alicyclic amines) is 2. The van der Waals surface area contributed by atoms with E-state index in [1.807, 2.05) is 24.3 Å². The van der Waals surface area contributed by atoms with E-state index in [4.69, 9.17) is 5.11 Å². The number of carboxylic acid groups (broad SMARTS) is 1. The number of nitrogens with one attached hydrogen (secondary N) is 1. The summed E-state index contributed by atoms with van der Waals surface area (Å²) in [5.74, 6) is -0.330. The van der Waals surface area contributed by atoms with Gasteiger partial charge in [0.25, 0.3) is 0 Å². The normalized spacial score (nSPS) is 26.1. The molecule has 31 heavy (non-hydrogen) atoms. The van der Waals surface area contributed by atoms with Gasteiger partial charge in [-0.15, -0.1) is 0 Å². The van der Waals surface area contributed by atoms with Crippen molar-refractivity contribution in [3.05, 3.63) is 29.8 Å². The van der Waals surface area contributed by atoms with Crippen molar-refractivity contribution in [1.82, 2.24) is 15.1 Å². The summed E-state index contributed by atoms with van der Waals surface area (Å²) in [6.07, 6.45) is 1.39. The number of nitrogens with zero attached hydrogens (tertiary/aromatic N) is 3. The minimum absolute atomic E-state index is 0.0554. The van der Waals surface area contributed by atoms with E-state index >= 15 is 0 Å². The first-order valence-electron chi connectivity index (χ1n) is 10.9. The van der Waals surface area contributed by atoms with Crippen LogP contribution in [0.4, 0.5) is 10.5 Å². The fraction of sp³-hybridized carbons (Fsp3) is 0.545. The average molecular weight is 426 g/mol. The molecule has 164 valence electrons. The van der Waals surface area contributed by atoms with Gasteiger partial charge in [0, 0.05) is 44.8 Å². The predicted molar refractivity (Wildman–Crippen MR) is 111 cm³/mol. The molecule has 1 aromatic carbocycles. The van der Waals surface area contributed by atoms with E-state index in [-0.39, 0.29) is 18.2 Å². The second-order valence-electron chi connectivity index (χ2n) is 9.12. The van der Waals surface area contributed by atoms with E-state index in [1.165, 1.54) is 4.90 Å². The molecule has 4 heterocycles. The topological polar surface area (TPSA) is 110 Å². The van der Waals surface area contributed by atoms with Gasteiger partial charge in [-0.3, -0.25) is 24.6 Å². The van der Waals surface area contributed by atoms with Crippen molar-refractivity contribution in [1.29, 1.82) is 0 Å². The van der Waals surface area contributed by atoms with Crippen LogP contribution in [0.1, 0.15) is 31.2 Å². The Morgan fingerprint density at radius 3 is 2.48 bits per heavy atom. The molecule has 4 aliphatic rings. The SMILES string of the molecule is O=C1CCC(N2C(=O)C3(CN(CC4CCN(C(=O)O)CC4)C3)c3ccccc32)C(=O)N1. The zero-order valence-electron chi connectivity index (χ0n) is 17.2. The third kappa shape index (κ3) is 3.18. The van der Waals surface area contributed by atoms with Crippen molar-refractivity contribution in [2.45, 2.75) is 37.1 Å². The number of fused-ring (bicyclic) bond motifs is 2. The van der Waals surface area contributed by atoms with Crippen LogP contribution in [-0.4, -0.2) is 77.5 Å². The molecule has 0 aromatic heterocycles. The third-order valence-electron chi connectivity index (χ3n) is 7.22. The monoisotopic (exact) mass is 426 g/mol. The highest BCUT2D eigenvalue weighted by Crippen LogP contribution is 2.49. The first-order chi connectivity index (χ1) is 14.9. The fourth-order valence-corrected chi connectivity index (χ4v) is 5.61. The summed E-state index contributed by atoms with van der Waals surface area (Å²) in [5, 5.41) is 11.5. The van der Waals surface area contributed by atoms with Gasteiger partial charge in [-0.2, -0.15) is 0 Å². The van der Waals surface area contributed by atoms with Crippen LogP contribution in [0, 0.1) is 5.92 Å². The highest BCUT2D eigenvalue weighted by atomic mass is 16.4. The number of piperidine rings is 2. The number of anilines is 1. The van der Waals surface area contributed by atoms with Crippen LogP contribution >= 0.6 is 0 Å². The minimum Gasteiger partial charge on any atom is -0.465 e. The number of para-hydroxylation sites is 1. The van der Waals surface area contributed by atoms with Gasteiger partial charge in [-0.25, -0.2) is 4.79 Å². The van der Waals surface area contributed by atoms with E-state index in [9.17, 15) is 19.2 Å². The quantitative estimate of drug-likeness (QED) is 0.692. The number of imide groups is 1. The maximum Gasteiger partial charge on any atom is 0.407 e. The van der Waals surface area contributed by atoms with E-state index in [0.29, 0.717) is 38.5 Å². The summed E-state index contributed by atoms with van der Waals surface area (Å²) in [6.45, 7) is 3.18. The second kappa shape index (κ2) is 7.33. The number of hydrogen-bond donors (Lipinski definition) is 2. The zero-order valence-corrected chi connectivity index (χ0v) is 17.2. The average Bonchev–Trinajstić information content (AvgIpc) is 2.97. The molecule has 9 nitrogen and oxygen atoms in total. The number of amides is 4. The lowest BCUT2D eigenvalue weighted by Gasteiger charge is -2.49. The molecule has 0 radical (unpaired) electrons. The number of carbonyl (C=O) groups is 4. The molecule has 1 atom stereocenters. The van der Waals surface area contributed by atoms with Crippen molar-refractivity contribution < 1.29 is 24.3 Å². The molecule has 5 rings (SSSR count). The Hall–Kier alpha value is -2.94. The van der Waals surface area contributed by atoms with Crippen molar-refractivity contribution in [2.75, 3.05) is 37.6 Å². The highest BCUT2D eigenvalue weighted by molar-refractivity contribution is 6.14. The van der Waals surface area contributed by atoms with Crippen molar-refractivity contribution in [3.8, 4) is 0 Å². The Balaban J connectivity index is 1.30. The minimum atomic E-state index is -0.858. The van der Waals surface area contributed by atoms with Gasteiger partial charge in [-0.1, -0.05) is 18.2 Å². The van der Waals surface area contributed by atoms with Gasteiger partial charge in [-0.05, 0) is 36.8 Å². The smallest absolute Gasteiger partial charge is 0.407 e. The lowest BCUT2D eigenvalue weighted by atomic mass is 9.74. The number of rotatable bonds is 3. The number of carbonyl (C=O) groups excluding carboxylic acids is 3. The zero-order chi connectivity index (χ0) is 21.8. The van der Waals surface area contributed by atoms with Gasteiger partial charge in [0.1, 0.15) is 11.5 Å².